The summed E-state index contributed by atoms with van der Waals surface area (Å²) in [6.07, 6.45) is 0.688. The Kier molecular flexibility index (Phi) is 4.83. The summed E-state index contributed by atoms with van der Waals surface area (Å²) in [5.74, 6) is 0. The molecule has 0 spiro atoms. The summed E-state index contributed by atoms with van der Waals surface area (Å²) in [5.41, 5.74) is 1.10. The molecule has 0 heterocycles. The molecule has 0 unspecified atom stereocenters. The Morgan fingerprint density at radius 3 is 2.54 bits per heavy atom. The average molecular weight is 201 g/mol. The second-order valence-corrected chi connectivity index (χ2v) is 3.19. The molecular weight excluding hydrogens is 188 g/mol. The minimum Gasteiger partial charge on any atom is -0.396 e. The van der Waals surface area contributed by atoms with E-state index in [0.29, 0.717) is 19.6 Å². The van der Waals surface area contributed by atoms with Crippen LogP contribution in [0.5, 0.6) is 0 Å². The van der Waals surface area contributed by atoms with Crippen LogP contribution in [0.4, 0.5) is 0 Å². The summed E-state index contributed by atoms with van der Waals surface area (Å²) in [4.78, 5) is 0. The molecule has 0 aliphatic carbocycles. The van der Waals surface area contributed by atoms with E-state index >= 15 is 0 Å². The van der Waals surface area contributed by atoms with Crippen LogP contribution in [0.1, 0.15) is 12.0 Å². The van der Waals surface area contributed by atoms with Crippen LogP contribution < -0.4 is 0 Å². The standard InChI is InChI=1S/C10H13ClO2/c11-10-4-2-9(3-5-10)8-13-7-1-6-12/h2-5,12H,1,6-8H2. The van der Waals surface area contributed by atoms with E-state index in [1.54, 1.807) is 0 Å². The van der Waals surface area contributed by atoms with Crippen molar-refractivity contribution >= 4 is 11.6 Å². The Labute approximate surface area is 83.1 Å². The fourth-order valence-corrected chi connectivity index (χ4v) is 1.06. The van der Waals surface area contributed by atoms with Gasteiger partial charge < -0.3 is 9.84 Å². The predicted octanol–water partition coefficient (Wildman–Crippen LogP) is 2.24. The molecule has 2 nitrogen and oxygen atoms in total. The van der Waals surface area contributed by atoms with E-state index in [9.17, 15) is 0 Å². The number of benzene rings is 1. The fraction of sp³-hybridized carbons (Fsp3) is 0.400. The van der Waals surface area contributed by atoms with Crippen LogP contribution in [0.25, 0.3) is 0 Å². The van der Waals surface area contributed by atoms with Crippen LogP contribution in [-0.4, -0.2) is 18.3 Å². The lowest BCUT2D eigenvalue weighted by molar-refractivity contribution is 0.104. The minimum atomic E-state index is 0.181. The van der Waals surface area contributed by atoms with Gasteiger partial charge in [0.15, 0.2) is 0 Å². The third kappa shape index (κ3) is 4.27. The summed E-state index contributed by atoms with van der Waals surface area (Å²) < 4.78 is 5.30. The van der Waals surface area contributed by atoms with Gasteiger partial charge in [-0.1, -0.05) is 23.7 Å². The molecular formula is C10H13ClO2. The van der Waals surface area contributed by atoms with Gasteiger partial charge in [0.05, 0.1) is 6.61 Å². The fourth-order valence-electron chi connectivity index (χ4n) is 0.937. The first-order valence-corrected chi connectivity index (χ1v) is 4.64. The van der Waals surface area contributed by atoms with Crippen LogP contribution in [0.2, 0.25) is 5.02 Å². The molecule has 0 atom stereocenters. The van der Waals surface area contributed by atoms with Gasteiger partial charge in [0, 0.05) is 18.2 Å². The van der Waals surface area contributed by atoms with E-state index in [1.807, 2.05) is 24.3 Å². The van der Waals surface area contributed by atoms with E-state index in [-0.39, 0.29) is 6.61 Å². The van der Waals surface area contributed by atoms with Crippen molar-refractivity contribution < 1.29 is 9.84 Å². The molecule has 1 N–H and O–H groups in total. The molecule has 0 radical (unpaired) electrons. The first-order chi connectivity index (χ1) is 6.33. The molecule has 13 heavy (non-hydrogen) atoms. The van der Waals surface area contributed by atoms with Crippen molar-refractivity contribution in [3.05, 3.63) is 34.9 Å². The lowest BCUT2D eigenvalue weighted by Gasteiger charge is -2.02. The summed E-state index contributed by atoms with van der Waals surface area (Å²) in [5, 5.41) is 9.24. The van der Waals surface area contributed by atoms with Crippen molar-refractivity contribution in [1.29, 1.82) is 0 Å². The van der Waals surface area contributed by atoms with Gasteiger partial charge in [0.2, 0.25) is 0 Å². The summed E-state index contributed by atoms with van der Waals surface area (Å²) >= 11 is 5.72. The molecule has 0 fully saturated rings. The van der Waals surface area contributed by atoms with Gasteiger partial charge in [-0.2, -0.15) is 0 Å². The third-order valence-electron chi connectivity index (χ3n) is 1.63. The number of hydrogen-bond donors (Lipinski definition) is 1. The van der Waals surface area contributed by atoms with E-state index in [4.69, 9.17) is 21.4 Å². The molecule has 1 rings (SSSR count). The maximum Gasteiger partial charge on any atom is 0.0716 e. The van der Waals surface area contributed by atoms with Gasteiger partial charge in [-0.3, -0.25) is 0 Å². The molecule has 0 amide bonds. The van der Waals surface area contributed by atoms with Gasteiger partial charge in [0.1, 0.15) is 0 Å². The van der Waals surface area contributed by atoms with Crippen LogP contribution in [0.15, 0.2) is 24.3 Å². The van der Waals surface area contributed by atoms with Crippen molar-refractivity contribution in [1.82, 2.24) is 0 Å². The first kappa shape index (κ1) is 10.5. The zero-order valence-electron chi connectivity index (χ0n) is 7.37. The highest BCUT2D eigenvalue weighted by Crippen LogP contribution is 2.10. The van der Waals surface area contributed by atoms with Gasteiger partial charge in [-0.15, -0.1) is 0 Å². The van der Waals surface area contributed by atoms with Gasteiger partial charge >= 0.3 is 0 Å². The molecule has 3 heteroatoms. The van der Waals surface area contributed by atoms with Crippen LogP contribution >= 0.6 is 11.6 Å². The van der Waals surface area contributed by atoms with Gasteiger partial charge in [-0.25, -0.2) is 0 Å². The van der Waals surface area contributed by atoms with E-state index in [1.165, 1.54) is 0 Å². The third-order valence-corrected chi connectivity index (χ3v) is 1.88. The van der Waals surface area contributed by atoms with E-state index < -0.39 is 0 Å². The molecule has 0 aliphatic heterocycles. The summed E-state index contributed by atoms with van der Waals surface area (Å²) in [7, 11) is 0. The number of halogens is 1. The van der Waals surface area contributed by atoms with E-state index in [0.717, 1.165) is 10.6 Å². The summed E-state index contributed by atoms with van der Waals surface area (Å²) in [6, 6.07) is 7.54. The highest BCUT2D eigenvalue weighted by Gasteiger charge is 1.92. The molecule has 1 aromatic carbocycles. The zero-order chi connectivity index (χ0) is 9.52. The Balaban J connectivity index is 2.25. The lowest BCUT2D eigenvalue weighted by atomic mass is 10.2. The second-order valence-electron chi connectivity index (χ2n) is 2.76. The van der Waals surface area contributed by atoms with Gasteiger partial charge in [0.25, 0.3) is 0 Å². The maximum atomic E-state index is 8.50. The largest absolute Gasteiger partial charge is 0.396 e. The van der Waals surface area contributed by atoms with Crippen LogP contribution in [0, 0.1) is 0 Å². The molecule has 72 valence electrons. The number of ether oxygens (including phenoxy) is 1. The Hall–Kier alpha value is -0.570. The average Bonchev–Trinajstić information content (AvgIpc) is 2.15. The number of aliphatic hydroxyl groups is 1. The van der Waals surface area contributed by atoms with Crippen molar-refractivity contribution in [3.63, 3.8) is 0 Å². The number of hydrogen-bond acceptors (Lipinski definition) is 2. The van der Waals surface area contributed by atoms with Crippen molar-refractivity contribution in [3.8, 4) is 0 Å². The Morgan fingerprint density at radius 1 is 1.23 bits per heavy atom. The molecule has 0 saturated heterocycles. The second kappa shape index (κ2) is 5.97. The predicted molar refractivity (Wildman–Crippen MR) is 52.8 cm³/mol. The molecule has 0 saturated carbocycles. The van der Waals surface area contributed by atoms with Crippen LogP contribution in [0.3, 0.4) is 0 Å². The van der Waals surface area contributed by atoms with Gasteiger partial charge in [-0.05, 0) is 24.1 Å². The van der Waals surface area contributed by atoms with Crippen LogP contribution in [-0.2, 0) is 11.3 Å². The SMILES string of the molecule is OCCCOCc1ccc(Cl)cc1. The smallest absolute Gasteiger partial charge is 0.0716 e. The number of rotatable bonds is 5. The Morgan fingerprint density at radius 2 is 1.92 bits per heavy atom. The normalized spacial score (nSPS) is 10.3. The highest BCUT2D eigenvalue weighted by atomic mass is 35.5. The quantitative estimate of drug-likeness (QED) is 0.739. The molecule has 0 aliphatic rings. The topological polar surface area (TPSA) is 29.5 Å². The Bertz CT molecular complexity index is 233. The number of aliphatic hydroxyl groups excluding tert-OH is 1. The van der Waals surface area contributed by atoms with Crippen molar-refractivity contribution in [2.24, 2.45) is 0 Å². The zero-order valence-corrected chi connectivity index (χ0v) is 8.13. The molecule has 0 bridgehead atoms. The monoisotopic (exact) mass is 200 g/mol. The van der Waals surface area contributed by atoms with Crippen molar-refractivity contribution in [2.75, 3.05) is 13.2 Å². The lowest BCUT2D eigenvalue weighted by Crippen LogP contribution is -1.97. The van der Waals surface area contributed by atoms with Crippen molar-refractivity contribution in [2.45, 2.75) is 13.0 Å². The minimum absolute atomic E-state index is 0.181. The first-order valence-electron chi connectivity index (χ1n) is 4.26. The molecule has 1 aromatic rings. The van der Waals surface area contributed by atoms with E-state index in [2.05, 4.69) is 0 Å². The summed E-state index contributed by atoms with van der Waals surface area (Å²) in [6.45, 7) is 1.36. The maximum absolute atomic E-state index is 8.50. The molecule has 0 aromatic heterocycles. The highest BCUT2D eigenvalue weighted by molar-refractivity contribution is 6.30.